The van der Waals surface area contributed by atoms with Gasteiger partial charge >= 0.3 is 0 Å². The molecule has 1 heterocycles. The summed E-state index contributed by atoms with van der Waals surface area (Å²) >= 11 is 0. The molecule has 20 heavy (non-hydrogen) atoms. The van der Waals surface area contributed by atoms with Crippen molar-refractivity contribution >= 4 is 0 Å². The molecule has 0 spiro atoms. The summed E-state index contributed by atoms with van der Waals surface area (Å²) in [4.78, 5) is 9.07. The third kappa shape index (κ3) is 2.80. The zero-order valence-electron chi connectivity index (χ0n) is 12.3. The van der Waals surface area contributed by atoms with Crippen molar-refractivity contribution in [3.63, 3.8) is 0 Å². The first-order valence-corrected chi connectivity index (χ1v) is 6.59. The number of hydrogen-bond donors (Lipinski definition) is 1. The van der Waals surface area contributed by atoms with Crippen molar-refractivity contribution in [2.75, 3.05) is 7.11 Å². The average molecular weight is 272 g/mol. The fourth-order valence-corrected chi connectivity index (χ4v) is 2.04. The zero-order chi connectivity index (χ0) is 14.8. The Morgan fingerprint density at radius 3 is 2.25 bits per heavy atom. The summed E-state index contributed by atoms with van der Waals surface area (Å²) in [6.45, 7) is 6.02. The second kappa shape index (κ2) is 5.59. The van der Waals surface area contributed by atoms with Crippen LogP contribution in [-0.2, 0) is 12.0 Å². The molecule has 106 valence electrons. The number of aliphatic hydroxyl groups excluding tert-OH is 1. The van der Waals surface area contributed by atoms with Gasteiger partial charge in [-0.25, -0.2) is 9.97 Å². The topological polar surface area (TPSA) is 55.2 Å². The minimum absolute atomic E-state index is 0.172. The van der Waals surface area contributed by atoms with E-state index >= 15 is 0 Å². The number of aromatic nitrogens is 2. The van der Waals surface area contributed by atoms with E-state index in [0.717, 1.165) is 11.3 Å². The molecular formula is C16H20N2O2. The molecule has 4 nitrogen and oxygen atoms in total. The summed E-state index contributed by atoms with van der Waals surface area (Å²) in [6.07, 6.45) is 0. The third-order valence-corrected chi connectivity index (χ3v) is 3.03. The van der Waals surface area contributed by atoms with Crippen LogP contribution < -0.4 is 4.74 Å². The monoisotopic (exact) mass is 272 g/mol. The number of benzene rings is 1. The minimum atomic E-state index is -0.193. The predicted molar refractivity (Wildman–Crippen MR) is 78.6 cm³/mol. The number of rotatable bonds is 3. The van der Waals surface area contributed by atoms with E-state index in [4.69, 9.17) is 4.74 Å². The lowest BCUT2D eigenvalue weighted by Gasteiger charge is -2.22. The SMILES string of the molecule is COc1c(CO)nc(-c2ccccc2)nc1C(C)(C)C. The van der Waals surface area contributed by atoms with Crippen molar-refractivity contribution in [1.29, 1.82) is 0 Å². The van der Waals surface area contributed by atoms with Gasteiger partial charge in [-0.3, -0.25) is 0 Å². The number of methoxy groups -OCH3 is 1. The quantitative estimate of drug-likeness (QED) is 0.933. The Labute approximate surface area is 119 Å². The summed E-state index contributed by atoms with van der Waals surface area (Å²) in [5.41, 5.74) is 2.06. The second-order valence-electron chi connectivity index (χ2n) is 5.65. The molecule has 0 aliphatic carbocycles. The van der Waals surface area contributed by atoms with Gasteiger partial charge in [0.05, 0.1) is 19.4 Å². The van der Waals surface area contributed by atoms with Gasteiger partial charge in [0.1, 0.15) is 5.69 Å². The highest BCUT2D eigenvalue weighted by Gasteiger charge is 2.25. The maximum Gasteiger partial charge on any atom is 0.164 e. The first kappa shape index (κ1) is 14.5. The van der Waals surface area contributed by atoms with Gasteiger partial charge in [-0.1, -0.05) is 51.1 Å². The molecule has 0 saturated heterocycles. The molecule has 1 N–H and O–H groups in total. The molecule has 0 saturated carbocycles. The summed E-state index contributed by atoms with van der Waals surface area (Å²) < 4.78 is 5.40. The average Bonchev–Trinajstić information content (AvgIpc) is 2.45. The fraction of sp³-hybridized carbons (Fsp3) is 0.375. The first-order chi connectivity index (χ1) is 9.47. The molecule has 2 aromatic rings. The minimum Gasteiger partial charge on any atom is -0.493 e. The Morgan fingerprint density at radius 2 is 1.75 bits per heavy atom. The number of nitrogens with zero attached hydrogens (tertiary/aromatic N) is 2. The standard InChI is InChI=1S/C16H20N2O2/c1-16(2,3)14-13(20-4)12(10-19)17-15(18-14)11-8-6-5-7-9-11/h5-9,19H,10H2,1-4H3. The van der Waals surface area contributed by atoms with E-state index in [-0.39, 0.29) is 12.0 Å². The fourth-order valence-electron chi connectivity index (χ4n) is 2.04. The molecule has 1 aromatic carbocycles. The summed E-state index contributed by atoms with van der Waals surface area (Å²) in [6, 6.07) is 9.74. The molecule has 0 fully saturated rings. The van der Waals surface area contributed by atoms with Crippen molar-refractivity contribution < 1.29 is 9.84 Å². The van der Waals surface area contributed by atoms with E-state index in [1.807, 2.05) is 30.3 Å². The molecular weight excluding hydrogens is 252 g/mol. The van der Waals surface area contributed by atoms with Crippen LogP contribution in [0.5, 0.6) is 5.75 Å². The normalized spacial score (nSPS) is 11.4. The van der Waals surface area contributed by atoms with Crippen LogP contribution in [0, 0.1) is 0 Å². The number of aliphatic hydroxyl groups is 1. The zero-order valence-corrected chi connectivity index (χ0v) is 12.3. The van der Waals surface area contributed by atoms with Crippen LogP contribution in [0.2, 0.25) is 0 Å². The van der Waals surface area contributed by atoms with Gasteiger partial charge in [0, 0.05) is 11.0 Å². The van der Waals surface area contributed by atoms with Crippen LogP contribution in [0.3, 0.4) is 0 Å². The van der Waals surface area contributed by atoms with E-state index in [2.05, 4.69) is 30.7 Å². The molecule has 0 aliphatic heterocycles. The first-order valence-electron chi connectivity index (χ1n) is 6.59. The molecule has 0 atom stereocenters. The Hall–Kier alpha value is -1.94. The smallest absolute Gasteiger partial charge is 0.164 e. The Morgan fingerprint density at radius 1 is 1.10 bits per heavy atom. The van der Waals surface area contributed by atoms with Crippen molar-refractivity contribution in [3.05, 3.63) is 41.7 Å². The second-order valence-corrected chi connectivity index (χ2v) is 5.65. The van der Waals surface area contributed by atoms with Crippen LogP contribution in [0.25, 0.3) is 11.4 Å². The highest BCUT2D eigenvalue weighted by Crippen LogP contribution is 2.33. The lowest BCUT2D eigenvalue weighted by molar-refractivity contribution is 0.265. The Bertz CT molecular complexity index is 589. The summed E-state index contributed by atoms with van der Waals surface area (Å²) in [7, 11) is 1.58. The lowest BCUT2D eigenvalue weighted by Crippen LogP contribution is -2.18. The molecule has 0 amide bonds. The van der Waals surface area contributed by atoms with Crippen LogP contribution in [0.15, 0.2) is 30.3 Å². The molecule has 0 aliphatic rings. The maximum absolute atomic E-state index is 9.54. The lowest BCUT2D eigenvalue weighted by atomic mass is 9.90. The van der Waals surface area contributed by atoms with Gasteiger partial charge in [0.2, 0.25) is 0 Å². The third-order valence-electron chi connectivity index (χ3n) is 3.03. The van der Waals surface area contributed by atoms with E-state index in [1.165, 1.54) is 0 Å². The van der Waals surface area contributed by atoms with Crippen LogP contribution in [0.4, 0.5) is 0 Å². The van der Waals surface area contributed by atoms with Crippen molar-refractivity contribution in [2.24, 2.45) is 0 Å². The van der Waals surface area contributed by atoms with Gasteiger partial charge in [-0.15, -0.1) is 0 Å². The van der Waals surface area contributed by atoms with Crippen molar-refractivity contribution in [2.45, 2.75) is 32.8 Å². The number of hydrogen-bond acceptors (Lipinski definition) is 4. The van der Waals surface area contributed by atoms with Gasteiger partial charge in [-0.2, -0.15) is 0 Å². The number of ether oxygens (including phenoxy) is 1. The highest BCUT2D eigenvalue weighted by atomic mass is 16.5. The van der Waals surface area contributed by atoms with Crippen LogP contribution in [0.1, 0.15) is 32.2 Å². The van der Waals surface area contributed by atoms with Gasteiger partial charge < -0.3 is 9.84 Å². The molecule has 0 radical (unpaired) electrons. The van der Waals surface area contributed by atoms with E-state index < -0.39 is 0 Å². The molecule has 2 rings (SSSR count). The molecule has 0 bridgehead atoms. The molecule has 1 aromatic heterocycles. The largest absolute Gasteiger partial charge is 0.493 e. The van der Waals surface area contributed by atoms with Gasteiger partial charge in [0.25, 0.3) is 0 Å². The highest BCUT2D eigenvalue weighted by molar-refractivity contribution is 5.57. The van der Waals surface area contributed by atoms with Crippen molar-refractivity contribution in [3.8, 4) is 17.1 Å². The predicted octanol–water partition coefficient (Wildman–Crippen LogP) is 2.94. The van der Waals surface area contributed by atoms with Gasteiger partial charge in [0.15, 0.2) is 11.6 Å². The van der Waals surface area contributed by atoms with E-state index in [9.17, 15) is 5.11 Å². The molecule has 0 unspecified atom stereocenters. The summed E-state index contributed by atoms with van der Waals surface area (Å²) in [5, 5.41) is 9.54. The van der Waals surface area contributed by atoms with Crippen LogP contribution in [-0.4, -0.2) is 22.2 Å². The molecule has 4 heteroatoms. The Kier molecular flexibility index (Phi) is 4.04. The van der Waals surface area contributed by atoms with E-state index in [0.29, 0.717) is 17.3 Å². The van der Waals surface area contributed by atoms with Crippen molar-refractivity contribution in [1.82, 2.24) is 9.97 Å². The van der Waals surface area contributed by atoms with Gasteiger partial charge in [-0.05, 0) is 0 Å². The summed E-state index contributed by atoms with van der Waals surface area (Å²) in [5.74, 6) is 1.18. The van der Waals surface area contributed by atoms with Crippen LogP contribution >= 0.6 is 0 Å². The maximum atomic E-state index is 9.54. The Balaban J connectivity index is 2.67. The van der Waals surface area contributed by atoms with E-state index in [1.54, 1.807) is 7.11 Å².